The maximum Gasteiger partial charge on any atom is 0.185 e. The first-order chi connectivity index (χ1) is 11.6. The summed E-state index contributed by atoms with van der Waals surface area (Å²) in [4.78, 5) is 12.3. The van der Waals surface area contributed by atoms with Crippen LogP contribution in [0.5, 0.6) is 17.2 Å². The van der Waals surface area contributed by atoms with Crippen LogP contribution in [0.3, 0.4) is 0 Å². The Morgan fingerprint density at radius 3 is 2.38 bits per heavy atom. The predicted octanol–water partition coefficient (Wildman–Crippen LogP) is 4.76. The second kappa shape index (κ2) is 8.55. The molecule has 0 aliphatic heterocycles. The molecule has 0 aliphatic carbocycles. The van der Waals surface area contributed by atoms with E-state index in [1.165, 1.54) is 6.08 Å². The van der Waals surface area contributed by atoms with E-state index in [4.69, 9.17) is 14.2 Å². The molecule has 2 rings (SSSR count). The molecule has 0 heterocycles. The van der Waals surface area contributed by atoms with E-state index >= 15 is 0 Å². The fourth-order valence-corrected chi connectivity index (χ4v) is 2.69. The van der Waals surface area contributed by atoms with Gasteiger partial charge in [-0.1, -0.05) is 12.1 Å². The zero-order valence-corrected chi connectivity index (χ0v) is 15.4. The average Bonchev–Trinajstić information content (AvgIpc) is 2.60. The lowest BCUT2D eigenvalue weighted by atomic mass is 10.1. The van der Waals surface area contributed by atoms with E-state index in [0.29, 0.717) is 29.4 Å². The Labute approximate surface area is 150 Å². The number of hydrogen-bond acceptors (Lipinski definition) is 4. The van der Waals surface area contributed by atoms with E-state index in [9.17, 15) is 4.79 Å². The highest BCUT2D eigenvalue weighted by atomic mass is 79.9. The average molecular weight is 391 g/mol. The van der Waals surface area contributed by atoms with Crippen molar-refractivity contribution >= 4 is 27.8 Å². The van der Waals surface area contributed by atoms with Crippen molar-refractivity contribution in [3.05, 3.63) is 58.1 Å². The summed E-state index contributed by atoms with van der Waals surface area (Å²) in [7, 11) is 3.18. The Kier molecular flexibility index (Phi) is 6.44. The standard InChI is InChI=1S/C19H19BrO4/c1-4-24-19-11-13(6-9-18(19)23-3)5-8-16(21)14-7-10-17(22-2)15(20)12-14/h5-12H,4H2,1-3H3/b8-5+. The van der Waals surface area contributed by atoms with Crippen LogP contribution >= 0.6 is 15.9 Å². The molecular formula is C19H19BrO4. The van der Waals surface area contributed by atoms with Gasteiger partial charge < -0.3 is 14.2 Å². The smallest absolute Gasteiger partial charge is 0.185 e. The van der Waals surface area contributed by atoms with Crippen LogP contribution in [-0.4, -0.2) is 26.6 Å². The largest absolute Gasteiger partial charge is 0.496 e. The molecule has 0 spiro atoms. The second-order valence-corrected chi connectivity index (χ2v) is 5.74. The first-order valence-electron chi connectivity index (χ1n) is 7.45. The SMILES string of the molecule is CCOc1cc(/C=C/C(=O)c2ccc(OC)c(Br)c2)ccc1OC. The van der Waals surface area contributed by atoms with Gasteiger partial charge in [-0.25, -0.2) is 0 Å². The number of carbonyl (C=O) groups excluding carboxylic acids is 1. The fourth-order valence-electron chi connectivity index (χ4n) is 2.15. The molecular weight excluding hydrogens is 372 g/mol. The number of rotatable bonds is 7. The molecule has 0 amide bonds. The van der Waals surface area contributed by atoms with Crippen LogP contribution in [0.25, 0.3) is 6.08 Å². The molecule has 24 heavy (non-hydrogen) atoms. The molecule has 2 aromatic rings. The first kappa shape index (κ1) is 18.1. The summed E-state index contributed by atoms with van der Waals surface area (Å²) in [5.41, 5.74) is 1.44. The lowest BCUT2D eigenvalue weighted by molar-refractivity contribution is 0.104. The summed E-state index contributed by atoms with van der Waals surface area (Å²) < 4.78 is 16.7. The third kappa shape index (κ3) is 4.38. The molecule has 2 aromatic carbocycles. The number of methoxy groups -OCH3 is 2. The molecule has 0 aromatic heterocycles. The Hall–Kier alpha value is -2.27. The topological polar surface area (TPSA) is 44.8 Å². The van der Waals surface area contributed by atoms with Crippen LogP contribution in [0, 0.1) is 0 Å². The van der Waals surface area contributed by atoms with Crippen LogP contribution in [-0.2, 0) is 0 Å². The molecule has 126 valence electrons. The number of hydrogen-bond donors (Lipinski definition) is 0. The number of halogens is 1. The van der Waals surface area contributed by atoms with Crippen molar-refractivity contribution < 1.29 is 19.0 Å². The molecule has 0 N–H and O–H groups in total. The minimum atomic E-state index is -0.0906. The summed E-state index contributed by atoms with van der Waals surface area (Å²) in [6.45, 7) is 2.45. The van der Waals surface area contributed by atoms with Gasteiger partial charge in [0, 0.05) is 5.56 Å². The summed E-state index contributed by atoms with van der Waals surface area (Å²) >= 11 is 3.38. The summed E-state index contributed by atoms with van der Waals surface area (Å²) in [5.74, 6) is 1.92. The zero-order valence-electron chi connectivity index (χ0n) is 13.8. The predicted molar refractivity (Wildman–Crippen MR) is 98.2 cm³/mol. The van der Waals surface area contributed by atoms with Crippen LogP contribution in [0.2, 0.25) is 0 Å². The Morgan fingerprint density at radius 1 is 1.04 bits per heavy atom. The lowest BCUT2D eigenvalue weighted by Gasteiger charge is -2.09. The van der Waals surface area contributed by atoms with Gasteiger partial charge in [-0.05, 0) is 64.8 Å². The van der Waals surface area contributed by atoms with Gasteiger partial charge in [0.15, 0.2) is 17.3 Å². The van der Waals surface area contributed by atoms with Crippen molar-refractivity contribution in [2.45, 2.75) is 6.92 Å². The van der Waals surface area contributed by atoms with Crippen LogP contribution in [0.1, 0.15) is 22.8 Å². The second-order valence-electron chi connectivity index (χ2n) is 4.89. The van der Waals surface area contributed by atoms with Gasteiger partial charge in [0.2, 0.25) is 0 Å². The van der Waals surface area contributed by atoms with E-state index in [1.54, 1.807) is 38.5 Å². The quantitative estimate of drug-likeness (QED) is 0.504. The number of carbonyl (C=O) groups is 1. The lowest BCUT2D eigenvalue weighted by Crippen LogP contribution is -1.96. The van der Waals surface area contributed by atoms with E-state index in [2.05, 4.69) is 15.9 Å². The van der Waals surface area contributed by atoms with E-state index in [0.717, 1.165) is 10.0 Å². The molecule has 5 heteroatoms. The molecule has 0 radical (unpaired) electrons. The van der Waals surface area contributed by atoms with E-state index in [1.807, 2.05) is 25.1 Å². The van der Waals surface area contributed by atoms with Crippen molar-refractivity contribution in [2.75, 3.05) is 20.8 Å². The molecule has 0 unspecified atom stereocenters. The monoisotopic (exact) mass is 390 g/mol. The van der Waals surface area contributed by atoms with Crippen LogP contribution in [0.4, 0.5) is 0 Å². The number of ketones is 1. The highest BCUT2D eigenvalue weighted by molar-refractivity contribution is 9.10. The van der Waals surface area contributed by atoms with Gasteiger partial charge in [-0.15, -0.1) is 0 Å². The number of allylic oxidation sites excluding steroid dienone is 1. The minimum Gasteiger partial charge on any atom is -0.496 e. The Balaban J connectivity index is 2.19. The maximum atomic E-state index is 12.3. The molecule has 0 bridgehead atoms. The highest BCUT2D eigenvalue weighted by Gasteiger charge is 2.07. The van der Waals surface area contributed by atoms with Crippen LogP contribution < -0.4 is 14.2 Å². The van der Waals surface area contributed by atoms with E-state index in [-0.39, 0.29) is 5.78 Å². The molecule has 0 atom stereocenters. The van der Waals surface area contributed by atoms with Gasteiger partial charge in [0.1, 0.15) is 5.75 Å². The fraction of sp³-hybridized carbons (Fsp3) is 0.211. The zero-order chi connectivity index (χ0) is 17.5. The minimum absolute atomic E-state index is 0.0906. The van der Waals surface area contributed by atoms with Gasteiger partial charge in [-0.3, -0.25) is 4.79 Å². The third-order valence-corrected chi connectivity index (χ3v) is 3.97. The molecule has 4 nitrogen and oxygen atoms in total. The van der Waals surface area contributed by atoms with Crippen LogP contribution in [0.15, 0.2) is 46.9 Å². The normalized spacial score (nSPS) is 10.7. The number of benzene rings is 2. The molecule has 0 saturated heterocycles. The van der Waals surface area contributed by atoms with Crippen molar-refractivity contribution in [2.24, 2.45) is 0 Å². The summed E-state index contributed by atoms with van der Waals surface area (Å²) in [6, 6.07) is 10.8. The van der Waals surface area contributed by atoms with Gasteiger partial charge in [0.25, 0.3) is 0 Å². The van der Waals surface area contributed by atoms with Crippen molar-refractivity contribution in [3.8, 4) is 17.2 Å². The van der Waals surface area contributed by atoms with E-state index < -0.39 is 0 Å². The van der Waals surface area contributed by atoms with Gasteiger partial charge in [-0.2, -0.15) is 0 Å². The highest BCUT2D eigenvalue weighted by Crippen LogP contribution is 2.29. The maximum absolute atomic E-state index is 12.3. The number of ether oxygens (including phenoxy) is 3. The summed E-state index contributed by atoms with van der Waals surface area (Å²) in [5, 5.41) is 0. The Bertz CT molecular complexity index is 753. The molecule has 0 fully saturated rings. The van der Waals surface area contributed by atoms with Crippen molar-refractivity contribution in [3.63, 3.8) is 0 Å². The van der Waals surface area contributed by atoms with Crippen molar-refractivity contribution in [1.29, 1.82) is 0 Å². The van der Waals surface area contributed by atoms with Gasteiger partial charge in [0.05, 0.1) is 25.3 Å². The Morgan fingerprint density at radius 2 is 1.75 bits per heavy atom. The molecule has 0 aliphatic rings. The van der Waals surface area contributed by atoms with Crippen molar-refractivity contribution in [1.82, 2.24) is 0 Å². The molecule has 0 saturated carbocycles. The third-order valence-electron chi connectivity index (χ3n) is 3.35. The van der Waals surface area contributed by atoms with Gasteiger partial charge >= 0.3 is 0 Å². The summed E-state index contributed by atoms with van der Waals surface area (Å²) in [6.07, 6.45) is 3.29. The first-order valence-corrected chi connectivity index (χ1v) is 8.25.